The average molecular weight is 316 g/mol. The molecule has 6 heteroatoms. The number of aromatic amines is 1. The van der Waals surface area contributed by atoms with E-state index in [2.05, 4.69) is 34.2 Å². The van der Waals surface area contributed by atoms with E-state index in [0.29, 0.717) is 0 Å². The van der Waals surface area contributed by atoms with Gasteiger partial charge in [-0.1, -0.05) is 25.1 Å². The van der Waals surface area contributed by atoms with Gasteiger partial charge in [0.05, 0.1) is 5.25 Å². The molecule has 0 aliphatic carbocycles. The molecule has 0 unspecified atom stereocenters. The van der Waals surface area contributed by atoms with Crippen LogP contribution in [0.5, 0.6) is 0 Å². The molecule has 1 fully saturated rings. The Labute approximate surface area is 134 Å². The lowest BCUT2D eigenvalue weighted by atomic mass is 10.1. The van der Waals surface area contributed by atoms with Gasteiger partial charge in [-0.05, 0) is 25.0 Å². The minimum absolute atomic E-state index is 0.0177. The van der Waals surface area contributed by atoms with Gasteiger partial charge >= 0.3 is 0 Å². The van der Waals surface area contributed by atoms with Crippen LogP contribution in [0.15, 0.2) is 41.6 Å². The van der Waals surface area contributed by atoms with E-state index in [9.17, 15) is 4.79 Å². The molecule has 0 bridgehead atoms. The minimum atomic E-state index is -0.0177. The predicted molar refractivity (Wildman–Crippen MR) is 86.7 cm³/mol. The molecule has 2 aromatic rings. The van der Waals surface area contributed by atoms with Gasteiger partial charge in [-0.15, -0.1) is 11.8 Å². The predicted octanol–water partition coefficient (Wildman–Crippen LogP) is 2.69. The summed E-state index contributed by atoms with van der Waals surface area (Å²) >= 11 is 1.66. The van der Waals surface area contributed by atoms with Crippen LogP contribution < -0.4 is 0 Å². The number of nitrogens with one attached hydrogen (secondary N) is 1. The molecule has 5 nitrogen and oxygen atoms in total. The zero-order valence-corrected chi connectivity index (χ0v) is 13.4. The molecule has 116 valence electrons. The highest BCUT2D eigenvalue weighted by atomic mass is 32.2. The summed E-state index contributed by atoms with van der Waals surface area (Å²) in [6, 6.07) is 10.1. The largest absolute Gasteiger partial charge is 0.341 e. The number of carbonyl (C=O) groups is 1. The van der Waals surface area contributed by atoms with Crippen molar-refractivity contribution in [3.8, 4) is 0 Å². The molecule has 3 rings (SSSR count). The summed E-state index contributed by atoms with van der Waals surface area (Å²) in [4.78, 5) is 20.1. The van der Waals surface area contributed by atoms with Crippen molar-refractivity contribution in [3.05, 3.63) is 42.5 Å². The van der Waals surface area contributed by atoms with Gasteiger partial charge in [0.1, 0.15) is 12.2 Å². The van der Waals surface area contributed by atoms with Crippen LogP contribution in [0.3, 0.4) is 0 Å². The number of hydrogen-bond donors (Lipinski definition) is 1. The van der Waals surface area contributed by atoms with Crippen molar-refractivity contribution in [2.45, 2.75) is 35.8 Å². The van der Waals surface area contributed by atoms with E-state index < -0.39 is 0 Å². The van der Waals surface area contributed by atoms with Gasteiger partial charge in [0, 0.05) is 23.9 Å². The van der Waals surface area contributed by atoms with Crippen molar-refractivity contribution in [2.24, 2.45) is 0 Å². The van der Waals surface area contributed by atoms with Crippen LogP contribution >= 0.6 is 11.8 Å². The monoisotopic (exact) mass is 316 g/mol. The quantitative estimate of drug-likeness (QED) is 0.862. The number of aromatic nitrogens is 3. The molecule has 1 N–H and O–H groups in total. The lowest BCUT2D eigenvalue weighted by molar-refractivity contribution is -0.129. The molecule has 0 spiro atoms. The fourth-order valence-corrected chi connectivity index (χ4v) is 3.83. The first-order chi connectivity index (χ1) is 10.8. The van der Waals surface area contributed by atoms with Gasteiger partial charge in [0.25, 0.3) is 0 Å². The van der Waals surface area contributed by atoms with Crippen LogP contribution in [0.4, 0.5) is 0 Å². The van der Waals surface area contributed by atoms with Crippen molar-refractivity contribution >= 4 is 17.7 Å². The Morgan fingerprint density at radius 1 is 1.45 bits per heavy atom. The number of rotatable bonds is 5. The maximum atomic E-state index is 12.8. The van der Waals surface area contributed by atoms with E-state index in [1.54, 1.807) is 11.8 Å². The van der Waals surface area contributed by atoms with E-state index in [1.165, 1.54) is 6.33 Å². The summed E-state index contributed by atoms with van der Waals surface area (Å²) in [5.41, 5.74) is 0. The van der Waals surface area contributed by atoms with Gasteiger partial charge < -0.3 is 4.90 Å². The molecule has 1 amide bonds. The normalized spacial score (nSPS) is 19.3. The van der Waals surface area contributed by atoms with Crippen LogP contribution in [0.2, 0.25) is 0 Å². The van der Waals surface area contributed by atoms with Crippen molar-refractivity contribution in [2.75, 3.05) is 13.1 Å². The summed E-state index contributed by atoms with van der Waals surface area (Å²) in [5.74, 6) is 1.41. The van der Waals surface area contributed by atoms with Gasteiger partial charge in [-0.2, -0.15) is 5.10 Å². The first kappa shape index (κ1) is 15.1. The molecule has 1 saturated heterocycles. The summed E-state index contributed by atoms with van der Waals surface area (Å²) in [6.45, 7) is 3.61. The van der Waals surface area contributed by atoms with E-state index in [-0.39, 0.29) is 17.1 Å². The van der Waals surface area contributed by atoms with Crippen LogP contribution in [0.25, 0.3) is 0 Å². The topological polar surface area (TPSA) is 61.9 Å². The summed E-state index contributed by atoms with van der Waals surface area (Å²) in [5, 5.41) is 6.80. The van der Waals surface area contributed by atoms with E-state index in [0.717, 1.165) is 36.7 Å². The van der Waals surface area contributed by atoms with Crippen LogP contribution in [-0.2, 0) is 4.79 Å². The second kappa shape index (κ2) is 6.96. The Morgan fingerprint density at radius 3 is 2.95 bits per heavy atom. The molecule has 0 radical (unpaired) electrons. The average Bonchev–Trinajstić information content (AvgIpc) is 3.23. The number of carbonyl (C=O) groups excluding carboxylic acids is 1. The molecule has 2 heterocycles. The Bertz CT molecular complexity index is 602. The first-order valence-corrected chi connectivity index (χ1v) is 8.51. The Morgan fingerprint density at radius 2 is 2.27 bits per heavy atom. The molecular weight excluding hydrogens is 296 g/mol. The molecular formula is C16H20N4OS. The molecule has 22 heavy (non-hydrogen) atoms. The molecule has 1 aliphatic rings. The number of thioether (sulfide) groups is 1. The third-order valence-corrected chi connectivity index (χ3v) is 5.35. The second-order valence-electron chi connectivity index (χ2n) is 5.47. The lowest BCUT2D eigenvalue weighted by Gasteiger charge is -2.22. The van der Waals surface area contributed by atoms with Gasteiger partial charge in [0.15, 0.2) is 0 Å². The van der Waals surface area contributed by atoms with Crippen LogP contribution in [0, 0.1) is 0 Å². The summed E-state index contributed by atoms with van der Waals surface area (Å²) < 4.78 is 0. The number of benzene rings is 1. The van der Waals surface area contributed by atoms with Gasteiger partial charge in [0.2, 0.25) is 5.91 Å². The Hall–Kier alpha value is -1.82. The van der Waals surface area contributed by atoms with Crippen LogP contribution in [0.1, 0.15) is 31.5 Å². The molecule has 1 aromatic heterocycles. The van der Waals surface area contributed by atoms with Gasteiger partial charge in [-0.25, -0.2) is 4.98 Å². The van der Waals surface area contributed by atoms with Crippen molar-refractivity contribution in [1.82, 2.24) is 20.1 Å². The van der Waals surface area contributed by atoms with Crippen LogP contribution in [-0.4, -0.2) is 44.3 Å². The number of H-pyrrole nitrogens is 1. The lowest BCUT2D eigenvalue weighted by Crippen LogP contribution is -2.35. The van der Waals surface area contributed by atoms with Crippen molar-refractivity contribution < 1.29 is 4.79 Å². The zero-order valence-electron chi connectivity index (χ0n) is 12.6. The minimum Gasteiger partial charge on any atom is -0.341 e. The maximum Gasteiger partial charge on any atom is 0.236 e. The fourth-order valence-electron chi connectivity index (χ4n) is 2.77. The summed E-state index contributed by atoms with van der Waals surface area (Å²) in [6.07, 6.45) is 3.31. The standard InChI is InChI=1S/C16H20N4OS/c1-2-14(22-13-6-4-3-5-7-13)16(21)20-9-8-12(10-20)15-17-11-18-19-15/h3-7,11-12,14H,2,8-10H2,1H3,(H,17,18,19)/t12-,14+/m0/s1. The highest BCUT2D eigenvalue weighted by Crippen LogP contribution is 2.30. The van der Waals surface area contributed by atoms with E-state index in [1.807, 2.05) is 23.1 Å². The van der Waals surface area contributed by atoms with Gasteiger partial charge in [-0.3, -0.25) is 9.89 Å². The third-order valence-electron chi connectivity index (χ3n) is 3.99. The number of likely N-dealkylation sites (tertiary alicyclic amines) is 1. The SMILES string of the molecule is CC[C@@H](Sc1ccccc1)C(=O)N1CC[C@H](c2ncn[nH]2)C1. The Kier molecular flexibility index (Phi) is 4.77. The highest BCUT2D eigenvalue weighted by Gasteiger charge is 2.32. The number of amides is 1. The van der Waals surface area contributed by atoms with Crippen molar-refractivity contribution in [1.29, 1.82) is 0 Å². The fraction of sp³-hybridized carbons (Fsp3) is 0.438. The van der Waals surface area contributed by atoms with E-state index in [4.69, 9.17) is 0 Å². The maximum absolute atomic E-state index is 12.8. The molecule has 2 atom stereocenters. The highest BCUT2D eigenvalue weighted by molar-refractivity contribution is 8.00. The van der Waals surface area contributed by atoms with E-state index >= 15 is 0 Å². The summed E-state index contributed by atoms with van der Waals surface area (Å²) in [7, 11) is 0. The first-order valence-electron chi connectivity index (χ1n) is 7.63. The molecule has 1 aromatic carbocycles. The molecule has 0 saturated carbocycles. The number of hydrogen-bond acceptors (Lipinski definition) is 4. The van der Waals surface area contributed by atoms with Crippen molar-refractivity contribution in [3.63, 3.8) is 0 Å². The Balaban J connectivity index is 1.62. The zero-order chi connectivity index (χ0) is 15.4. The number of nitrogens with zero attached hydrogens (tertiary/aromatic N) is 3. The smallest absolute Gasteiger partial charge is 0.236 e. The third kappa shape index (κ3) is 3.32. The molecule has 1 aliphatic heterocycles. The second-order valence-corrected chi connectivity index (χ2v) is 6.74.